The van der Waals surface area contributed by atoms with Gasteiger partial charge >= 0.3 is 0 Å². The molecular formula is C13H18N4O3. The smallest absolute Gasteiger partial charge is 0.287 e. The molecule has 2 bridgehead atoms. The van der Waals surface area contributed by atoms with Gasteiger partial charge < -0.3 is 14.8 Å². The molecule has 2 aliphatic rings. The second-order valence-electron chi connectivity index (χ2n) is 5.63. The van der Waals surface area contributed by atoms with Crippen LogP contribution in [0.1, 0.15) is 29.8 Å². The van der Waals surface area contributed by atoms with Gasteiger partial charge in [-0.25, -0.2) is 0 Å². The Balaban J connectivity index is 1.80. The first-order valence-electron chi connectivity index (χ1n) is 6.90. The van der Waals surface area contributed by atoms with E-state index in [4.69, 9.17) is 0 Å². The molecule has 2 saturated heterocycles. The van der Waals surface area contributed by atoms with E-state index in [1.54, 1.807) is 7.05 Å². The van der Waals surface area contributed by atoms with Crippen LogP contribution in [0.25, 0.3) is 0 Å². The number of amides is 1. The highest BCUT2D eigenvalue weighted by molar-refractivity contribution is 5.93. The number of hydrogen-bond acceptors (Lipinski definition) is 4. The SMILES string of the molecule is Cn1cc([N+](=O)[O-])cc1C(=O)N1CCC2CCC(C1)N2. The molecular weight excluding hydrogens is 260 g/mol. The lowest BCUT2D eigenvalue weighted by Gasteiger charge is -2.24. The summed E-state index contributed by atoms with van der Waals surface area (Å²) < 4.78 is 1.54. The second-order valence-corrected chi connectivity index (χ2v) is 5.63. The van der Waals surface area contributed by atoms with Crippen molar-refractivity contribution in [3.8, 4) is 0 Å². The molecule has 20 heavy (non-hydrogen) atoms. The van der Waals surface area contributed by atoms with E-state index < -0.39 is 4.92 Å². The van der Waals surface area contributed by atoms with Gasteiger partial charge in [0, 0.05) is 38.3 Å². The van der Waals surface area contributed by atoms with Gasteiger partial charge in [0.2, 0.25) is 0 Å². The summed E-state index contributed by atoms with van der Waals surface area (Å²) in [6.07, 6.45) is 4.62. The monoisotopic (exact) mass is 278 g/mol. The summed E-state index contributed by atoms with van der Waals surface area (Å²) in [5.41, 5.74) is 0.347. The molecule has 7 heteroatoms. The fourth-order valence-electron chi connectivity index (χ4n) is 3.15. The quantitative estimate of drug-likeness (QED) is 0.644. The van der Waals surface area contributed by atoms with Gasteiger partial charge in [0.05, 0.1) is 11.1 Å². The van der Waals surface area contributed by atoms with Crippen LogP contribution in [0, 0.1) is 10.1 Å². The molecule has 3 heterocycles. The van der Waals surface area contributed by atoms with E-state index in [-0.39, 0.29) is 11.6 Å². The standard InChI is InChI=1S/C13H18N4O3/c1-15-8-11(17(19)20)6-12(15)13(18)16-5-4-9-2-3-10(7-16)14-9/h6,8-10,14H,2-5,7H2,1H3. The number of fused-ring (bicyclic) bond motifs is 2. The summed E-state index contributed by atoms with van der Waals surface area (Å²) in [7, 11) is 1.67. The zero-order valence-corrected chi connectivity index (χ0v) is 11.4. The third kappa shape index (κ3) is 2.29. The Morgan fingerprint density at radius 3 is 2.85 bits per heavy atom. The first kappa shape index (κ1) is 13.1. The minimum Gasteiger partial charge on any atom is -0.340 e. The van der Waals surface area contributed by atoms with Crippen LogP contribution in [0.3, 0.4) is 0 Å². The largest absolute Gasteiger partial charge is 0.340 e. The Kier molecular flexibility index (Phi) is 3.21. The van der Waals surface area contributed by atoms with E-state index in [2.05, 4.69) is 5.32 Å². The van der Waals surface area contributed by atoms with Gasteiger partial charge in [-0.1, -0.05) is 0 Å². The summed E-state index contributed by atoms with van der Waals surface area (Å²) in [5, 5.41) is 14.3. The van der Waals surface area contributed by atoms with Crippen LogP contribution < -0.4 is 5.32 Å². The molecule has 2 aliphatic heterocycles. The molecule has 3 rings (SSSR count). The predicted molar refractivity (Wildman–Crippen MR) is 72.5 cm³/mol. The van der Waals surface area contributed by atoms with Crippen molar-refractivity contribution >= 4 is 11.6 Å². The number of nitrogens with zero attached hydrogens (tertiary/aromatic N) is 3. The molecule has 7 nitrogen and oxygen atoms in total. The van der Waals surface area contributed by atoms with Crippen LogP contribution in [0.4, 0.5) is 5.69 Å². The number of rotatable bonds is 2. The van der Waals surface area contributed by atoms with Crippen molar-refractivity contribution in [3.05, 3.63) is 28.1 Å². The van der Waals surface area contributed by atoms with Crippen LogP contribution in [-0.2, 0) is 7.05 Å². The molecule has 1 amide bonds. The minimum absolute atomic E-state index is 0.0367. The summed E-state index contributed by atoms with van der Waals surface area (Å²) in [4.78, 5) is 24.7. The number of nitro groups is 1. The number of hydrogen-bond donors (Lipinski definition) is 1. The third-order valence-corrected chi connectivity index (χ3v) is 4.23. The highest BCUT2D eigenvalue weighted by atomic mass is 16.6. The lowest BCUT2D eigenvalue weighted by Crippen LogP contribution is -2.39. The van der Waals surface area contributed by atoms with Crippen LogP contribution >= 0.6 is 0 Å². The van der Waals surface area contributed by atoms with Gasteiger partial charge in [-0.05, 0) is 19.3 Å². The van der Waals surface area contributed by atoms with E-state index in [1.165, 1.54) is 23.3 Å². The Labute approximate surface area is 116 Å². The third-order valence-electron chi connectivity index (χ3n) is 4.23. The number of likely N-dealkylation sites (tertiary alicyclic amines) is 1. The van der Waals surface area contributed by atoms with Crippen molar-refractivity contribution in [2.45, 2.75) is 31.3 Å². The predicted octanol–water partition coefficient (Wildman–Crippen LogP) is 0.900. The van der Waals surface area contributed by atoms with Gasteiger partial charge in [-0.2, -0.15) is 0 Å². The highest BCUT2D eigenvalue weighted by Gasteiger charge is 2.32. The fraction of sp³-hybridized carbons (Fsp3) is 0.615. The zero-order valence-electron chi connectivity index (χ0n) is 11.4. The molecule has 0 spiro atoms. The summed E-state index contributed by atoms with van der Waals surface area (Å²) >= 11 is 0. The lowest BCUT2D eigenvalue weighted by atomic mass is 10.1. The minimum atomic E-state index is -0.470. The molecule has 0 aromatic carbocycles. The molecule has 0 saturated carbocycles. The molecule has 0 aliphatic carbocycles. The van der Waals surface area contributed by atoms with Crippen molar-refractivity contribution < 1.29 is 9.72 Å². The van der Waals surface area contributed by atoms with E-state index in [0.717, 1.165) is 12.8 Å². The van der Waals surface area contributed by atoms with Crippen molar-refractivity contribution in [2.75, 3.05) is 13.1 Å². The number of carbonyl (C=O) groups is 1. The highest BCUT2D eigenvalue weighted by Crippen LogP contribution is 2.23. The molecule has 2 unspecified atom stereocenters. The number of carbonyl (C=O) groups excluding carboxylic acids is 1. The molecule has 1 aromatic rings. The average molecular weight is 278 g/mol. The van der Waals surface area contributed by atoms with E-state index in [0.29, 0.717) is 30.9 Å². The number of aromatic nitrogens is 1. The van der Waals surface area contributed by atoms with Crippen molar-refractivity contribution in [1.29, 1.82) is 0 Å². The maximum atomic E-state index is 12.5. The number of aryl methyl sites for hydroxylation is 1. The summed E-state index contributed by atoms with van der Waals surface area (Å²) in [6.45, 7) is 1.40. The summed E-state index contributed by atoms with van der Waals surface area (Å²) in [6, 6.07) is 2.24. The topological polar surface area (TPSA) is 80.4 Å². The van der Waals surface area contributed by atoms with E-state index in [9.17, 15) is 14.9 Å². The van der Waals surface area contributed by atoms with Crippen LogP contribution in [0.2, 0.25) is 0 Å². The zero-order chi connectivity index (χ0) is 14.3. The number of nitrogens with one attached hydrogen (secondary N) is 1. The van der Waals surface area contributed by atoms with Crippen molar-refractivity contribution in [1.82, 2.24) is 14.8 Å². The molecule has 1 aromatic heterocycles. The normalized spacial score (nSPS) is 25.6. The van der Waals surface area contributed by atoms with Gasteiger partial charge in [0.1, 0.15) is 5.69 Å². The maximum absolute atomic E-state index is 12.5. The summed E-state index contributed by atoms with van der Waals surface area (Å²) in [5.74, 6) is -0.116. The lowest BCUT2D eigenvalue weighted by molar-refractivity contribution is -0.384. The Morgan fingerprint density at radius 1 is 1.40 bits per heavy atom. The van der Waals surface area contributed by atoms with Crippen LogP contribution in [-0.4, -0.2) is 45.5 Å². The molecule has 108 valence electrons. The Bertz CT molecular complexity index is 554. The fourth-order valence-corrected chi connectivity index (χ4v) is 3.15. The molecule has 1 N–H and O–H groups in total. The van der Waals surface area contributed by atoms with E-state index in [1.807, 2.05) is 4.90 Å². The first-order valence-corrected chi connectivity index (χ1v) is 6.90. The van der Waals surface area contributed by atoms with Gasteiger partial charge in [0.15, 0.2) is 0 Å². The van der Waals surface area contributed by atoms with Crippen LogP contribution in [0.5, 0.6) is 0 Å². The molecule has 2 atom stereocenters. The molecule has 2 fully saturated rings. The average Bonchev–Trinajstić information content (AvgIpc) is 2.92. The molecule has 0 radical (unpaired) electrons. The van der Waals surface area contributed by atoms with Crippen LogP contribution in [0.15, 0.2) is 12.3 Å². The van der Waals surface area contributed by atoms with Crippen molar-refractivity contribution in [2.24, 2.45) is 7.05 Å². The van der Waals surface area contributed by atoms with Gasteiger partial charge in [0.25, 0.3) is 11.6 Å². The van der Waals surface area contributed by atoms with Gasteiger partial charge in [-0.3, -0.25) is 14.9 Å². The Morgan fingerprint density at radius 2 is 2.15 bits per heavy atom. The maximum Gasteiger partial charge on any atom is 0.287 e. The first-order chi connectivity index (χ1) is 9.54. The van der Waals surface area contributed by atoms with Gasteiger partial charge in [-0.15, -0.1) is 0 Å². The van der Waals surface area contributed by atoms with E-state index >= 15 is 0 Å². The second kappa shape index (κ2) is 4.90. The Hall–Kier alpha value is -1.89. The van der Waals surface area contributed by atoms with Crippen molar-refractivity contribution in [3.63, 3.8) is 0 Å².